The molecule has 0 bridgehead atoms. The fraction of sp³-hybridized carbons (Fsp3) is 0.421. The number of morpholine rings is 1. The molecule has 6 heteroatoms. The Bertz CT molecular complexity index is 662. The van der Waals surface area contributed by atoms with Gasteiger partial charge in [-0.15, -0.1) is 0 Å². The minimum Gasteiger partial charge on any atom is -0.459 e. The Hall–Kier alpha value is -2.31. The number of rotatable bonds is 6. The molecule has 6 nitrogen and oxygen atoms in total. The molecule has 0 unspecified atom stereocenters. The van der Waals surface area contributed by atoms with Crippen LogP contribution >= 0.6 is 0 Å². The van der Waals surface area contributed by atoms with Gasteiger partial charge in [-0.1, -0.05) is 12.1 Å². The molecule has 1 aliphatic rings. The fourth-order valence-corrected chi connectivity index (χ4v) is 3.03. The lowest BCUT2D eigenvalue weighted by molar-refractivity contribution is 0.0161. The summed E-state index contributed by atoms with van der Waals surface area (Å²) in [5.41, 5.74) is 2.34. The van der Waals surface area contributed by atoms with Gasteiger partial charge in [-0.25, -0.2) is 0 Å². The molecule has 25 heavy (non-hydrogen) atoms. The molecule has 3 rings (SSSR count). The first kappa shape index (κ1) is 17.5. The standard InChI is InChI=1S/C19H25N3O3/c1-21(2)16-7-5-15(6-8-16)17(22-9-12-24-13-10-22)14-20-19(23)18-4-3-11-25-18/h3-8,11,17H,9-10,12-14H2,1-2H3,(H,20,23)/t17-/m0/s1. The van der Waals surface area contributed by atoms with Crippen molar-refractivity contribution < 1.29 is 13.9 Å². The molecule has 2 heterocycles. The Balaban J connectivity index is 1.73. The van der Waals surface area contributed by atoms with E-state index < -0.39 is 0 Å². The number of hydrogen-bond donors (Lipinski definition) is 1. The van der Waals surface area contributed by atoms with Crippen molar-refractivity contribution in [1.29, 1.82) is 0 Å². The van der Waals surface area contributed by atoms with Crippen LogP contribution in [0.5, 0.6) is 0 Å². The maximum absolute atomic E-state index is 12.2. The smallest absolute Gasteiger partial charge is 0.287 e. The van der Waals surface area contributed by atoms with Crippen molar-refractivity contribution >= 4 is 11.6 Å². The number of nitrogens with zero attached hydrogens (tertiary/aromatic N) is 2. The van der Waals surface area contributed by atoms with Crippen molar-refractivity contribution in [3.05, 3.63) is 54.0 Å². The molecule has 1 saturated heterocycles. The lowest BCUT2D eigenvalue weighted by Crippen LogP contribution is -2.43. The second kappa shape index (κ2) is 8.18. The number of furan rings is 1. The maximum atomic E-state index is 12.2. The van der Waals surface area contributed by atoms with Crippen LogP contribution in [0.1, 0.15) is 22.2 Å². The van der Waals surface area contributed by atoms with Crippen LogP contribution in [0.4, 0.5) is 5.69 Å². The van der Waals surface area contributed by atoms with E-state index in [0.29, 0.717) is 12.3 Å². The Morgan fingerprint density at radius 1 is 1.20 bits per heavy atom. The van der Waals surface area contributed by atoms with E-state index in [1.54, 1.807) is 12.1 Å². The molecule has 0 saturated carbocycles. The summed E-state index contributed by atoms with van der Waals surface area (Å²) in [5.74, 6) is 0.150. The van der Waals surface area contributed by atoms with Gasteiger partial charge in [0.2, 0.25) is 0 Å². The predicted molar refractivity (Wildman–Crippen MR) is 96.9 cm³/mol. The van der Waals surface area contributed by atoms with Crippen LogP contribution < -0.4 is 10.2 Å². The number of nitrogens with one attached hydrogen (secondary N) is 1. The van der Waals surface area contributed by atoms with E-state index in [4.69, 9.17) is 9.15 Å². The van der Waals surface area contributed by atoms with E-state index in [1.165, 1.54) is 11.8 Å². The lowest BCUT2D eigenvalue weighted by atomic mass is 10.0. The van der Waals surface area contributed by atoms with Gasteiger partial charge in [-0.05, 0) is 29.8 Å². The Morgan fingerprint density at radius 3 is 2.52 bits per heavy atom. The molecular weight excluding hydrogens is 318 g/mol. The summed E-state index contributed by atoms with van der Waals surface area (Å²) >= 11 is 0. The molecule has 1 amide bonds. The highest BCUT2D eigenvalue weighted by Crippen LogP contribution is 2.24. The van der Waals surface area contributed by atoms with Crippen LogP contribution in [-0.4, -0.2) is 57.8 Å². The van der Waals surface area contributed by atoms with Gasteiger partial charge in [-0.3, -0.25) is 9.69 Å². The Labute approximate surface area is 148 Å². The molecule has 1 fully saturated rings. The van der Waals surface area contributed by atoms with E-state index >= 15 is 0 Å². The highest BCUT2D eigenvalue weighted by molar-refractivity contribution is 5.91. The summed E-state index contributed by atoms with van der Waals surface area (Å²) in [4.78, 5) is 16.6. The minimum atomic E-state index is -0.187. The fourth-order valence-electron chi connectivity index (χ4n) is 3.03. The number of carbonyl (C=O) groups is 1. The van der Waals surface area contributed by atoms with Crippen LogP contribution in [0.3, 0.4) is 0 Å². The van der Waals surface area contributed by atoms with E-state index in [9.17, 15) is 4.79 Å². The van der Waals surface area contributed by atoms with Crippen molar-refractivity contribution in [2.75, 3.05) is 51.8 Å². The van der Waals surface area contributed by atoms with Crippen LogP contribution in [0.15, 0.2) is 47.1 Å². The van der Waals surface area contributed by atoms with Gasteiger partial charge >= 0.3 is 0 Å². The number of hydrogen-bond acceptors (Lipinski definition) is 5. The summed E-state index contributed by atoms with van der Waals surface area (Å²) in [6.07, 6.45) is 1.51. The highest BCUT2D eigenvalue weighted by Gasteiger charge is 2.23. The zero-order valence-corrected chi connectivity index (χ0v) is 14.8. The van der Waals surface area contributed by atoms with Crippen LogP contribution in [-0.2, 0) is 4.74 Å². The monoisotopic (exact) mass is 343 g/mol. The van der Waals surface area contributed by atoms with Gasteiger partial charge in [0.25, 0.3) is 5.91 Å². The van der Waals surface area contributed by atoms with E-state index in [-0.39, 0.29) is 11.9 Å². The average molecular weight is 343 g/mol. The number of benzene rings is 1. The van der Waals surface area contributed by atoms with Crippen LogP contribution in [0.25, 0.3) is 0 Å². The average Bonchev–Trinajstić information content (AvgIpc) is 3.18. The normalized spacial score (nSPS) is 16.4. The largest absolute Gasteiger partial charge is 0.459 e. The SMILES string of the molecule is CN(C)c1ccc([C@H](CNC(=O)c2ccco2)N2CCOCC2)cc1. The summed E-state index contributed by atoms with van der Waals surface area (Å²) in [5, 5.41) is 2.99. The molecule has 1 aromatic carbocycles. The molecule has 1 aliphatic heterocycles. The number of carbonyl (C=O) groups excluding carboxylic acids is 1. The van der Waals surface area contributed by atoms with E-state index in [1.807, 2.05) is 14.1 Å². The first-order valence-electron chi connectivity index (χ1n) is 8.56. The Kier molecular flexibility index (Phi) is 5.73. The molecule has 0 aliphatic carbocycles. The van der Waals surface area contributed by atoms with E-state index in [0.717, 1.165) is 32.0 Å². The third-order valence-corrected chi connectivity index (χ3v) is 4.48. The molecule has 1 atom stereocenters. The lowest BCUT2D eigenvalue weighted by Gasteiger charge is -2.35. The number of anilines is 1. The summed E-state index contributed by atoms with van der Waals surface area (Å²) in [6.45, 7) is 3.69. The molecule has 1 aromatic heterocycles. The van der Waals surface area contributed by atoms with Gasteiger partial charge in [0.05, 0.1) is 25.5 Å². The molecule has 0 spiro atoms. The van der Waals surface area contributed by atoms with Gasteiger partial charge in [0.1, 0.15) is 0 Å². The van der Waals surface area contributed by atoms with Crippen molar-refractivity contribution in [3.8, 4) is 0 Å². The third-order valence-electron chi connectivity index (χ3n) is 4.48. The molecule has 0 radical (unpaired) electrons. The van der Waals surface area contributed by atoms with Gasteiger partial charge in [-0.2, -0.15) is 0 Å². The Morgan fingerprint density at radius 2 is 1.92 bits per heavy atom. The predicted octanol–water partition coefficient (Wildman–Crippen LogP) is 2.15. The van der Waals surface area contributed by atoms with Gasteiger partial charge < -0.3 is 19.4 Å². The highest BCUT2D eigenvalue weighted by atomic mass is 16.5. The first-order valence-corrected chi connectivity index (χ1v) is 8.56. The van der Waals surface area contributed by atoms with Crippen molar-refractivity contribution in [1.82, 2.24) is 10.2 Å². The maximum Gasteiger partial charge on any atom is 0.287 e. The zero-order chi connectivity index (χ0) is 17.6. The van der Waals surface area contributed by atoms with Crippen LogP contribution in [0.2, 0.25) is 0 Å². The van der Waals surface area contributed by atoms with Crippen LogP contribution in [0, 0.1) is 0 Å². The summed E-state index contributed by atoms with van der Waals surface area (Å²) < 4.78 is 10.6. The van der Waals surface area contributed by atoms with Crippen molar-refractivity contribution in [3.63, 3.8) is 0 Å². The van der Waals surface area contributed by atoms with Crippen molar-refractivity contribution in [2.24, 2.45) is 0 Å². The molecule has 134 valence electrons. The first-order chi connectivity index (χ1) is 12.1. The summed E-state index contributed by atoms with van der Waals surface area (Å²) in [7, 11) is 4.05. The minimum absolute atomic E-state index is 0.110. The van der Waals surface area contributed by atoms with E-state index in [2.05, 4.69) is 39.4 Å². The zero-order valence-electron chi connectivity index (χ0n) is 14.8. The quantitative estimate of drug-likeness (QED) is 0.871. The van der Waals surface area contributed by atoms with Gasteiger partial charge in [0.15, 0.2) is 5.76 Å². The molecule has 1 N–H and O–H groups in total. The number of ether oxygens (including phenoxy) is 1. The topological polar surface area (TPSA) is 58.0 Å². The third kappa shape index (κ3) is 4.41. The van der Waals surface area contributed by atoms with Crippen molar-refractivity contribution in [2.45, 2.75) is 6.04 Å². The number of amides is 1. The molecular formula is C19H25N3O3. The molecule has 2 aromatic rings. The second-order valence-corrected chi connectivity index (χ2v) is 6.34. The van der Waals surface area contributed by atoms with Gasteiger partial charge in [0, 0.05) is 39.4 Å². The second-order valence-electron chi connectivity index (χ2n) is 6.34. The summed E-state index contributed by atoms with van der Waals surface area (Å²) in [6, 6.07) is 12.0.